The lowest BCUT2D eigenvalue weighted by atomic mass is 9.81. The number of para-hydroxylation sites is 1. The summed E-state index contributed by atoms with van der Waals surface area (Å²) in [6.07, 6.45) is 0. The molecule has 2 heterocycles. The minimum atomic E-state index is -0.0847. The number of nitrogens with zero attached hydrogens (tertiary/aromatic N) is 2. The molecule has 1 aliphatic rings. The Hall–Kier alpha value is -7.62. The predicted molar refractivity (Wildman–Crippen MR) is 249 cm³/mol. The van der Waals surface area contributed by atoms with E-state index in [2.05, 4.69) is 166 Å². The van der Waals surface area contributed by atoms with E-state index < -0.39 is 0 Å². The van der Waals surface area contributed by atoms with Crippen molar-refractivity contribution in [3.05, 3.63) is 205 Å². The van der Waals surface area contributed by atoms with Crippen molar-refractivity contribution < 1.29 is 4.42 Å². The van der Waals surface area contributed by atoms with Gasteiger partial charge in [0.15, 0.2) is 5.82 Å². The Kier molecular flexibility index (Phi) is 7.58. The van der Waals surface area contributed by atoms with Gasteiger partial charge in [0.2, 0.25) is 0 Å². The molecule has 3 heteroatoms. The van der Waals surface area contributed by atoms with Gasteiger partial charge in [-0.3, -0.25) is 0 Å². The van der Waals surface area contributed by atoms with Crippen molar-refractivity contribution in [1.29, 1.82) is 0 Å². The second-order valence-corrected chi connectivity index (χ2v) is 16.5. The zero-order valence-electron chi connectivity index (χ0n) is 33.3. The highest BCUT2D eigenvalue weighted by molar-refractivity contribution is 6.12. The quantitative estimate of drug-likeness (QED) is 0.175. The highest BCUT2D eigenvalue weighted by atomic mass is 16.3. The van der Waals surface area contributed by atoms with Gasteiger partial charge in [-0.1, -0.05) is 184 Å². The lowest BCUT2D eigenvalue weighted by Gasteiger charge is -2.22. The first-order valence-corrected chi connectivity index (χ1v) is 20.6. The molecule has 12 rings (SSSR count). The third-order valence-electron chi connectivity index (χ3n) is 12.7. The molecule has 1 aliphatic carbocycles. The van der Waals surface area contributed by atoms with Gasteiger partial charge in [0.1, 0.15) is 11.2 Å². The van der Waals surface area contributed by atoms with Gasteiger partial charge in [0.25, 0.3) is 0 Å². The third-order valence-corrected chi connectivity index (χ3v) is 12.7. The number of rotatable bonds is 5. The van der Waals surface area contributed by atoms with Crippen molar-refractivity contribution in [2.45, 2.75) is 19.3 Å². The normalized spacial score (nSPS) is 13.0. The molecule has 0 fully saturated rings. The molecule has 0 bridgehead atoms. The highest BCUT2D eigenvalue weighted by Gasteiger charge is 2.36. The number of hydrogen-bond acceptors (Lipinski definition) is 3. The first kappa shape index (κ1) is 34.4. The fourth-order valence-electron chi connectivity index (χ4n) is 9.73. The molecule has 2 aromatic heterocycles. The summed E-state index contributed by atoms with van der Waals surface area (Å²) in [7, 11) is 0. The van der Waals surface area contributed by atoms with E-state index in [1.807, 2.05) is 42.5 Å². The molecule has 0 atom stereocenters. The fourth-order valence-corrected chi connectivity index (χ4v) is 9.73. The van der Waals surface area contributed by atoms with Crippen LogP contribution in [0.2, 0.25) is 0 Å². The van der Waals surface area contributed by atoms with Crippen LogP contribution in [0.25, 0.3) is 111 Å². The summed E-state index contributed by atoms with van der Waals surface area (Å²) in [5.41, 5.74) is 16.7. The molecule has 0 unspecified atom stereocenters. The van der Waals surface area contributed by atoms with E-state index in [0.717, 1.165) is 55.4 Å². The molecule has 0 saturated carbocycles. The van der Waals surface area contributed by atoms with Crippen LogP contribution in [-0.4, -0.2) is 9.97 Å². The van der Waals surface area contributed by atoms with Gasteiger partial charge in [-0.25, -0.2) is 9.97 Å². The zero-order valence-corrected chi connectivity index (χ0v) is 33.3. The predicted octanol–water partition coefficient (Wildman–Crippen LogP) is 15.3. The number of hydrogen-bond donors (Lipinski definition) is 0. The van der Waals surface area contributed by atoms with Crippen LogP contribution >= 0.6 is 0 Å². The van der Waals surface area contributed by atoms with Crippen molar-refractivity contribution >= 4 is 43.5 Å². The number of fused-ring (bicyclic) bond motifs is 9. The highest BCUT2D eigenvalue weighted by Crippen LogP contribution is 2.52. The maximum absolute atomic E-state index is 6.30. The molecule has 3 nitrogen and oxygen atoms in total. The summed E-state index contributed by atoms with van der Waals surface area (Å²) in [4.78, 5) is 10.5. The Morgan fingerprint density at radius 2 is 1.00 bits per heavy atom. The summed E-state index contributed by atoms with van der Waals surface area (Å²) in [5.74, 6) is 0.684. The average molecular weight is 767 g/mol. The summed E-state index contributed by atoms with van der Waals surface area (Å²) in [6, 6.07) is 69.5. The fraction of sp³-hybridized carbons (Fsp3) is 0.0526. The Bertz CT molecular complexity index is 3500. The van der Waals surface area contributed by atoms with Crippen molar-refractivity contribution in [1.82, 2.24) is 9.97 Å². The Labute approximate surface area is 348 Å². The first-order valence-electron chi connectivity index (χ1n) is 20.6. The van der Waals surface area contributed by atoms with Crippen molar-refractivity contribution in [2.24, 2.45) is 0 Å². The molecule has 0 radical (unpaired) electrons. The van der Waals surface area contributed by atoms with E-state index in [1.165, 1.54) is 60.7 Å². The third kappa shape index (κ3) is 5.29. The van der Waals surface area contributed by atoms with E-state index >= 15 is 0 Å². The molecule has 0 amide bonds. The van der Waals surface area contributed by atoms with Crippen LogP contribution in [0.5, 0.6) is 0 Å². The van der Waals surface area contributed by atoms with E-state index in [1.54, 1.807) is 0 Å². The van der Waals surface area contributed by atoms with Crippen LogP contribution in [0, 0.1) is 0 Å². The van der Waals surface area contributed by atoms with Gasteiger partial charge in [0, 0.05) is 32.9 Å². The van der Waals surface area contributed by atoms with Crippen molar-refractivity contribution in [3.63, 3.8) is 0 Å². The summed E-state index contributed by atoms with van der Waals surface area (Å²) in [6.45, 7) is 4.72. The number of aromatic nitrogens is 2. The molecule has 9 aromatic carbocycles. The lowest BCUT2D eigenvalue weighted by Crippen LogP contribution is -2.15. The molecule has 0 saturated heterocycles. The average Bonchev–Trinajstić information content (AvgIpc) is 3.80. The van der Waals surface area contributed by atoms with Gasteiger partial charge in [-0.05, 0) is 90.3 Å². The largest absolute Gasteiger partial charge is 0.456 e. The zero-order chi connectivity index (χ0) is 40.0. The maximum Gasteiger partial charge on any atom is 0.160 e. The minimum absolute atomic E-state index is 0.0847. The van der Waals surface area contributed by atoms with Crippen molar-refractivity contribution in [2.75, 3.05) is 0 Å². The molecule has 60 heavy (non-hydrogen) atoms. The molecular formula is C57H38N2O. The van der Waals surface area contributed by atoms with Gasteiger partial charge >= 0.3 is 0 Å². The Morgan fingerprint density at radius 3 is 1.82 bits per heavy atom. The SMILES string of the molecule is CC1(C)c2cc(-c3ccc(-c4ccc(-c5cc(-c6cccc7oc8ccccc8c67)nc(-c6ccccc6)n5)c5ccccc45)cc3)ccc2-c2c1ccc1ccccc21. The molecule has 0 aliphatic heterocycles. The number of furan rings is 1. The Morgan fingerprint density at radius 1 is 0.383 bits per heavy atom. The Balaban J connectivity index is 0.950. The van der Waals surface area contributed by atoms with Gasteiger partial charge in [0.05, 0.1) is 11.4 Å². The van der Waals surface area contributed by atoms with E-state index in [9.17, 15) is 0 Å². The molecule has 11 aromatic rings. The van der Waals surface area contributed by atoms with E-state index in [-0.39, 0.29) is 5.41 Å². The van der Waals surface area contributed by atoms with Crippen LogP contribution in [0.1, 0.15) is 25.0 Å². The summed E-state index contributed by atoms with van der Waals surface area (Å²) < 4.78 is 6.30. The maximum atomic E-state index is 6.30. The standard InChI is InChI=1S/C57H38N2O/c1-57(2)48-32-28-36-13-6-7-16-41(36)54(48)45-29-27-39(33-49(45)57)35-23-25-37(26-24-35)40-30-31-44(43-18-9-8-17-42(40)43)50-34-51(59-56(58-50)38-14-4-3-5-15-38)46-20-12-22-53-55(46)47-19-10-11-21-52(47)60-53/h3-34H,1-2H3. The van der Waals surface area contributed by atoms with Gasteiger partial charge in [-0.15, -0.1) is 0 Å². The molecular weight excluding hydrogens is 729 g/mol. The van der Waals surface area contributed by atoms with E-state index in [4.69, 9.17) is 14.4 Å². The van der Waals surface area contributed by atoms with Crippen LogP contribution < -0.4 is 0 Å². The molecule has 0 spiro atoms. The topological polar surface area (TPSA) is 38.9 Å². The van der Waals surface area contributed by atoms with Crippen LogP contribution in [0.3, 0.4) is 0 Å². The van der Waals surface area contributed by atoms with Crippen molar-refractivity contribution in [3.8, 4) is 67.3 Å². The number of benzene rings is 9. The molecule has 282 valence electrons. The first-order chi connectivity index (χ1) is 29.5. The smallest absolute Gasteiger partial charge is 0.160 e. The molecule has 0 N–H and O–H groups in total. The van der Waals surface area contributed by atoms with Crippen LogP contribution in [0.4, 0.5) is 0 Å². The lowest BCUT2D eigenvalue weighted by molar-refractivity contribution is 0.661. The second kappa shape index (κ2) is 13.2. The van der Waals surface area contributed by atoms with Gasteiger partial charge < -0.3 is 4.42 Å². The minimum Gasteiger partial charge on any atom is -0.456 e. The second-order valence-electron chi connectivity index (χ2n) is 16.5. The van der Waals surface area contributed by atoms with Gasteiger partial charge in [-0.2, -0.15) is 0 Å². The summed E-state index contributed by atoms with van der Waals surface area (Å²) >= 11 is 0. The summed E-state index contributed by atoms with van der Waals surface area (Å²) in [5, 5.41) is 7.07. The monoisotopic (exact) mass is 766 g/mol. The van der Waals surface area contributed by atoms with Crippen LogP contribution in [0.15, 0.2) is 199 Å². The van der Waals surface area contributed by atoms with Crippen LogP contribution in [-0.2, 0) is 5.41 Å². The van der Waals surface area contributed by atoms with E-state index in [0.29, 0.717) is 5.82 Å².